The lowest BCUT2D eigenvalue weighted by Gasteiger charge is -2.16. The normalized spacial score (nSPS) is 12.7. The van der Waals surface area contributed by atoms with Crippen LogP contribution in [0.3, 0.4) is 0 Å². The van der Waals surface area contributed by atoms with E-state index in [9.17, 15) is 22.0 Å². The van der Waals surface area contributed by atoms with Crippen molar-refractivity contribution >= 4 is 5.69 Å². The summed E-state index contributed by atoms with van der Waals surface area (Å²) in [6, 6.07) is 4.39. The van der Waals surface area contributed by atoms with Crippen molar-refractivity contribution in [3.63, 3.8) is 0 Å². The molecule has 0 atom stereocenters. The first-order chi connectivity index (χ1) is 9.13. The molecule has 0 bridgehead atoms. The molecule has 0 saturated carbocycles. The van der Waals surface area contributed by atoms with Crippen LogP contribution in [0.2, 0.25) is 0 Å². The third-order valence-corrected chi connectivity index (χ3v) is 2.69. The topological polar surface area (TPSA) is 52.0 Å². The van der Waals surface area contributed by atoms with Crippen molar-refractivity contribution in [2.45, 2.75) is 19.0 Å². The second kappa shape index (κ2) is 4.46. The van der Waals surface area contributed by atoms with Crippen LogP contribution in [0.15, 0.2) is 28.8 Å². The summed E-state index contributed by atoms with van der Waals surface area (Å²) < 4.78 is 67.2. The molecule has 20 heavy (non-hydrogen) atoms. The molecule has 1 aromatic heterocycles. The van der Waals surface area contributed by atoms with Gasteiger partial charge in [-0.15, -0.1) is 0 Å². The molecule has 0 aliphatic rings. The number of benzene rings is 1. The minimum Gasteiger partial charge on any atom is -0.434 e. The van der Waals surface area contributed by atoms with E-state index in [0.29, 0.717) is 17.4 Å². The number of anilines is 1. The minimum absolute atomic E-state index is 0.265. The Morgan fingerprint density at radius 1 is 1.15 bits per heavy atom. The molecule has 2 rings (SSSR count). The highest BCUT2D eigenvalue weighted by molar-refractivity contribution is 5.61. The van der Waals surface area contributed by atoms with Gasteiger partial charge in [-0.1, -0.05) is 0 Å². The summed E-state index contributed by atoms with van der Waals surface area (Å²) in [4.78, 5) is 3.45. The van der Waals surface area contributed by atoms with E-state index >= 15 is 0 Å². The van der Waals surface area contributed by atoms with Gasteiger partial charge in [-0.25, -0.2) is 4.98 Å². The van der Waals surface area contributed by atoms with Gasteiger partial charge in [0, 0.05) is 11.3 Å². The van der Waals surface area contributed by atoms with Crippen molar-refractivity contribution < 1.29 is 26.4 Å². The Hall–Kier alpha value is -2.12. The first kappa shape index (κ1) is 14.3. The van der Waals surface area contributed by atoms with Crippen LogP contribution in [0.25, 0.3) is 11.5 Å². The molecular formula is C12H9F5N2O. The molecule has 0 amide bonds. The van der Waals surface area contributed by atoms with Gasteiger partial charge >= 0.3 is 12.1 Å². The highest BCUT2D eigenvalue weighted by atomic mass is 19.4. The standard InChI is InChI=1S/C12H9F5N2O/c1-6-4-7(2-3-8(6)18)10-19-5-9(20-10)11(13,14)12(15,16)17/h2-5H,18H2,1H3. The Kier molecular flexibility index (Phi) is 3.19. The van der Waals surface area contributed by atoms with Gasteiger partial charge in [0.15, 0.2) is 0 Å². The Morgan fingerprint density at radius 3 is 2.35 bits per heavy atom. The summed E-state index contributed by atoms with van der Waals surface area (Å²) in [6.07, 6.45) is -5.37. The zero-order chi connectivity index (χ0) is 15.1. The zero-order valence-corrected chi connectivity index (χ0v) is 10.1. The SMILES string of the molecule is Cc1cc(-c2ncc(C(F)(F)C(F)(F)F)o2)ccc1N. The molecule has 1 aromatic carbocycles. The number of nitrogens with zero attached hydrogens (tertiary/aromatic N) is 1. The van der Waals surface area contributed by atoms with E-state index in [1.165, 1.54) is 18.2 Å². The van der Waals surface area contributed by atoms with Gasteiger partial charge < -0.3 is 10.2 Å². The number of aromatic nitrogens is 1. The van der Waals surface area contributed by atoms with E-state index in [2.05, 4.69) is 9.40 Å². The summed E-state index contributed by atoms with van der Waals surface area (Å²) in [5.41, 5.74) is 6.93. The predicted octanol–water partition coefficient (Wildman–Crippen LogP) is 3.89. The summed E-state index contributed by atoms with van der Waals surface area (Å²) in [7, 11) is 0. The molecule has 0 unspecified atom stereocenters. The van der Waals surface area contributed by atoms with E-state index in [-0.39, 0.29) is 11.5 Å². The maximum absolute atomic E-state index is 13.1. The van der Waals surface area contributed by atoms with Gasteiger partial charge in [0.1, 0.15) is 0 Å². The van der Waals surface area contributed by atoms with Crippen molar-refractivity contribution in [3.8, 4) is 11.5 Å². The highest BCUT2D eigenvalue weighted by Crippen LogP contribution is 2.44. The largest absolute Gasteiger partial charge is 0.461 e. The van der Waals surface area contributed by atoms with Crippen LogP contribution in [0.1, 0.15) is 11.3 Å². The van der Waals surface area contributed by atoms with Crippen molar-refractivity contribution in [1.82, 2.24) is 4.98 Å². The fourth-order valence-electron chi connectivity index (χ4n) is 1.50. The van der Waals surface area contributed by atoms with Crippen LogP contribution in [0.5, 0.6) is 0 Å². The van der Waals surface area contributed by atoms with Crippen LogP contribution in [-0.2, 0) is 5.92 Å². The first-order valence-electron chi connectivity index (χ1n) is 5.40. The van der Waals surface area contributed by atoms with E-state index in [0.717, 1.165) is 0 Å². The van der Waals surface area contributed by atoms with Crippen molar-refractivity contribution in [2.24, 2.45) is 0 Å². The number of rotatable bonds is 2. The number of halogens is 5. The minimum atomic E-state index is -5.74. The third kappa shape index (κ3) is 2.33. The predicted molar refractivity (Wildman–Crippen MR) is 61.0 cm³/mol. The average molecular weight is 292 g/mol. The molecule has 2 N–H and O–H groups in total. The number of nitrogen functional groups attached to an aromatic ring is 1. The van der Waals surface area contributed by atoms with Crippen molar-refractivity contribution in [2.75, 3.05) is 5.73 Å². The van der Waals surface area contributed by atoms with E-state index < -0.39 is 17.9 Å². The van der Waals surface area contributed by atoms with Gasteiger partial charge in [-0.05, 0) is 30.7 Å². The molecule has 0 spiro atoms. The number of nitrogens with two attached hydrogens (primary N) is 1. The maximum Gasteiger partial charge on any atom is 0.461 e. The maximum atomic E-state index is 13.1. The Morgan fingerprint density at radius 2 is 1.80 bits per heavy atom. The summed E-state index contributed by atoms with van der Waals surface area (Å²) >= 11 is 0. The molecule has 108 valence electrons. The van der Waals surface area contributed by atoms with Gasteiger partial charge in [-0.2, -0.15) is 22.0 Å². The van der Waals surface area contributed by atoms with Gasteiger partial charge in [0.2, 0.25) is 11.7 Å². The molecule has 8 heteroatoms. The summed E-state index contributed by atoms with van der Waals surface area (Å²) in [6.45, 7) is 1.66. The quantitative estimate of drug-likeness (QED) is 0.675. The van der Waals surface area contributed by atoms with Crippen molar-refractivity contribution in [3.05, 3.63) is 35.7 Å². The fourth-order valence-corrected chi connectivity index (χ4v) is 1.50. The molecule has 1 heterocycles. The monoisotopic (exact) mass is 292 g/mol. The molecule has 3 nitrogen and oxygen atoms in total. The summed E-state index contributed by atoms with van der Waals surface area (Å²) in [5, 5.41) is 0. The number of hydrogen-bond acceptors (Lipinski definition) is 3. The smallest absolute Gasteiger partial charge is 0.434 e. The lowest BCUT2D eigenvalue weighted by Crippen LogP contribution is -2.33. The molecular weight excluding hydrogens is 283 g/mol. The highest BCUT2D eigenvalue weighted by Gasteiger charge is 2.61. The van der Waals surface area contributed by atoms with Crippen LogP contribution in [0, 0.1) is 6.92 Å². The molecule has 0 aliphatic carbocycles. The number of hydrogen-bond donors (Lipinski definition) is 1. The Bertz CT molecular complexity index is 633. The van der Waals surface area contributed by atoms with Gasteiger partial charge in [-0.3, -0.25) is 0 Å². The van der Waals surface area contributed by atoms with Crippen LogP contribution < -0.4 is 5.73 Å². The van der Waals surface area contributed by atoms with Crippen LogP contribution in [-0.4, -0.2) is 11.2 Å². The molecule has 0 radical (unpaired) electrons. The molecule has 0 aliphatic heterocycles. The average Bonchev–Trinajstić information content (AvgIpc) is 2.81. The fraction of sp³-hybridized carbons (Fsp3) is 0.250. The number of aryl methyl sites for hydroxylation is 1. The zero-order valence-electron chi connectivity index (χ0n) is 10.1. The van der Waals surface area contributed by atoms with E-state index in [4.69, 9.17) is 5.73 Å². The third-order valence-electron chi connectivity index (χ3n) is 2.69. The second-order valence-corrected chi connectivity index (χ2v) is 4.17. The van der Waals surface area contributed by atoms with E-state index in [1.807, 2.05) is 0 Å². The lowest BCUT2D eigenvalue weighted by molar-refractivity contribution is -0.295. The molecule has 2 aromatic rings. The Balaban J connectivity index is 2.41. The first-order valence-corrected chi connectivity index (χ1v) is 5.40. The second-order valence-electron chi connectivity index (χ2n) is 4.17. The van der Waals surface area contributed by atoms with E-state index in [1.54, 1.807) is 6.92 Å². The molecule has 0 fully saturated rings. The van der Waals surface area contributed by atoms with Gasteiger partial charge in [0.25, 0.3) is 0 Å². The van der Waals surface area contributed by atoms with Gasteiger partial charge in [0.05, 0.1) is 6.20 Å². The number of oxazole rings is 1. The lowest BCUT2D eigenvalue weighted by atomic mass is 10.1. The van der Waals surface area contributed by atoms with Crippen LogP contribution in [0.4, 0.5) is 27.6 Å². The molecule has 0 saturated heterocycles. The van der Waals surface area contributed by atoms with Crippen LogP contribution >= 0.6 is 0 Å². The van der Waals surface area contributed by atoms with Crippen molar-refractivity contribution in [1.29, 1.82) is 0 Å². The Labute approximate surface area is 110 Å². The summed E-state index contributed by atoms with van der Waals surface area (Å²) in [5.74, 6) is -6.96. The number of alkyl halides is 5.